The average Bonchev–Trinajstić information content (AvgIpc) is 2.93. The minimum absolute atomic E-state index is 0.0643. The van der Waals surface area contributed by atoms with E-state index in [0.717, 1.165) is 16.9 Å². The molecule has 0 aliphatic heterocycles. The van der Waals surface area contributed by atoms with Gasteiger partial charge in [-0.05, 0) is 67.0 Å². The third-order valence-electron chi connectivity index (χ3n) is 4.28. The first-order valence-corrected chi connectivity index (χ1v) is 7.73. The standard InChI is InChI=1S/C19H23NO/c1-13-10-17(14(2)20)8-9-19(13)21-12-15-6-7-16-4-3-5-18(16)11-15/h6-11,14H,3-5,12,20H2,1-2H3. The zero-order chi connectivity index (χ0) is 14.8. The summed E-state index contributed by atoms with van der Waals surface area (Å²) in [5, 5.41) is 0. The van der Waals surface area contributed by atoms with E-state index in [0.29, 0.717) is 6.61 Å². The summed E-state index contributed by atoms with van der Waals surface area (Å²) >= 11 is 0. The quantitative estimate of drug-likeness (QED) is 0.916. The number of nitrogens with two attached hydrogens (primary N) is 1. The van der Waals surface area contributed by atoms with Crippen molar-refractivity contribution >= 4 is 0 Å². The summed E-state index contributed by atoms with van der Waals surface area (Å²) in [4.78, 5) is 0. The maximum absolute atomic E-state index is 5.98. The molecular formula is C19H23NO. The van der Waals surface area contributed by atoms with E-state index in [4.69, 9.17) is 10.5 Å². The molecule has 0 spiro atoms. The third-order valence-corrected chi connectivity index (χ3v) is 4.28. The number of ether oxygens (including phenoxy) is 1. The first-order chi connectivity index (χ1) is 10.1. The molecule has 2 aromatic carbocycles. The van der Waals surface area contributed by atoms with Gasteiger partial charge in [-0.2, -0.15) is 0 Å². The number of hydrogen-bond acceptors (Lipinski definition) is 2. The van der Waals surface area contributed by atoms with Crippen molar-refractivity contribution in [1.82, 2.24) is 0 Å². The Kier molecular flexibility index (Phi) is 3.98. The van der Waals surface area contributed by atoms with Crippen LogP contribution in [-0.4, -0.2) is 0 Å². The topological polar surface area (TPSA) is 35.2 Å². The van der Waals surface area contributed by atoms with Crippen LogP contribution in [0.15, 0.2) is 36.4 Å². The lowest BCUT2D eigenvalue weighted by molar-refractivity contribution is 0.304. The highest BCUT2D eigenvalue weighted by molar-refractivity contribution is 5.38. The highest BCUT2D eigenvalue weighted by atomic mass is 16.5. The van der Waals surface area contributed by atoms with Gasteiger partial charge in [0.05, 0.1) is 0 Å². The molecule has 2 aromatic rings. The van der Waals surface area contributed by atoms with Crippen molar-refractivity contribution in [2.24, 2.45) is 5.73 Å². The van der Waals surface area contributed by atoms with Crippen LogP contribution in [0.25, 0.3) is 0 Å². The van der Waals surface area contributed by atoms with Gasteiger partial charge in [-0.1, -0.05) is 30.3 Å². The molecule has 1 unspecified atom stereocenters. The van der Waals surface area contributed by atoms with Gasteiger partial charge >= 0.3 is 0 Å². The molecule has 2 heteroatoms. The number of fused-ring (bicyclic) bond motifs is 1. The van der Waals surface area contributed by atoms with Crippen LogP contribution in [0, 0.1) is 6.92 Å². The molecule has 0 saturated carbocycles. The Morgan fingerprint density at radius 2 is 1.90 bits per heavy atom. The molecule has 0 radical (unpaired) electrons. The van der Waals surface area contributed by atoms with Crippen molar-refractivity contribution in [2.75, 3.05) is 0 Å². The molecule has 0 amide bonds. The van der Waals surface area contributed by atoms with Gasteiger partial charge in [0.15, 0.2) is 0 Å². The van der Waals surface area contributed by atoms with Crippen LogP contribution in [0.4, 0.5) is 0 Å². The summed E-state index contributed by atoms with van der Waals surface area (Å²) in [6, 6.07) is 13.0. The highest BCUT2D eigenvalue weighted by Crippen LogP contribution is 2.25. The van der Waals surface area contributed by atoms with E-state index >= 15 is 0 Å². The fourth-order valence-corrected chi connectivity index (χ4v) is 2.99. The van der Waals surface area contributed by atoms with Gasteiger partial charge in [-0.3, -0.25) is 0 Å². The normalized spacial score (nSPS) is 14.8. The van der Waals surface area contributed by atoms with Crippen LogP contribution in [0.1, 0.15) is 47.2 Å². The van der Waals surface area contributed by atoms with Gasteiger partial charge in [-0.25, -0.2) is 0 Å². The van der Waals surface area contributed by atoms with Crippen molar-refractivity contribution in [2.45, 2.75) is 45.8 Å². The predicted octanol–water partition coefficient (Wildman–Crippen LogP) is 4.08. The number of rotatable bonds is 4. The second kappa shape index (κ2) is 5.90. The fraction of sp³-hybridized carbons (Fsp3) is 0.368. The van der Waals surface area contributed by atoms with Gasteiger partial charge < -0.3 is 10.5 Å². The maximum atomic E-state index is 5.98. The number of benzene rings is 2. The molecule has 1 atom stereocenters. The van der Waals surface area contributed by atoms with Crippen molar-refractivity contribution in [3.05, 3.63) is 64.2 Å². The first-order valence-electron chi connectivity index (χ1n) is 7.73. The molecule has 21 heavy (non-hydrogen) atoms. The van der Waals surface area contributed by atoms with Crippen LogP contribution >= 0.6 is 0 Å². The lowest BCUT2D eigenvalue weighted by Crippen LogP contribution is -2.05. The Hall–Kier alpha value is -1.80. The van der Waals surface area contributed by atoms with E-state index in [1.807, 2.05) is 13.0 Å². The van der Waals surface area contributed by atoms with Gasteiger partial charge in [0.25, 0.3) is 0 Å². The molecule has 1 aliphatic rings. The monoisotopic (exact) mass is 281 g/mol. The Morgan fingerprint density at radius 3 is 2.67 bits per heavy atom. The van der Waals surface area contributed by atoms with Crippen molar-refractivity contribution in [1.29, 1.82) is 0 Å². The van der Waals surface area contributed by atoms with Gasteiger partial charge in [0, 0.05) is 6.04 Å². The molecule has 0 fully saturated rings. The smallest absolute Gasteiger partial charge is 0.122 e. The lowest BCUT2D eigenvalue weighted by atomic mass is 10.1. The molecule has 2 nitrogen and oxygen atoms in total. The van der Waals surface area contributed by atoms with E-state index in [2.05, 4.69) is 37.3 Å². The number of aryl methyl sites for hydroxylation is 3. The molecule has 1 aliphatic carbocycles. The zero-order valence-corrected chi connectivity index (χ0v) is 12.9. The summed E-state index contributed by atoms with van der Waals surface area (Å²) in [5.41, 5.74) is 12.5. The Balaban J connectivity index is 1.70. The van der Waals surface area contributed by atoms with Gasteiger partial charge in [0.2, 0.25) is 0 Å². The molecule has 0 bridgehead atoms. The predicted molar refractivity (Wildman–Crippen MR) is 86.6 cm³/mol. The van der Waals surface area contributed by atoms with Crippen LogP contribution < -0.4 is 10.5 Å². The average molecular weight is 281 g/mol. The van der Waals surface area contributed by atoms with Crippen LogP contribution in [0.3, 0.4) is 0 Å². The Bertz CT molecular complexity index is 646. The summed E-state index contributed by atoms with van der Waals surface area (Å²) < 4.78 is 5.98. The van der Waals surface area contributed by atoms with E-state index in [9.17, 15) is 0 Å². The first kappa shape index (κ1) is 14.2. The van der Waals surface area contributed by atoms with E-state index in [1.54, 1.807) is 0 Å². The number of hydrogen-bond donors (Lipinski definition) is 1. The van der Waals surface area contributed by atoms with Gasteiger partial charge in [-0.15, -0.1) is 0 Å². The Morgan fingerprint density at radius 1 is 1.10 bits per heavy atom. The maximum Gasteiger partial charge on any atom is 0.122 e. The molecule has 0 saturated heterocycles. The highest BCUT2D eigenvalue weighted by Gasteiger charge is 2.11. The van der Waals surface area contributed by atoms with Crippen molar-refractivity contribution < 1.29 is 4.74 Å². The van der Waals surface area contributed by atoms with E-state index in [1.165, 1.54) is 36.0 Å². The van der Waals surface area contributed by atoms with Crippen LogP contribution in [-0.2, 0) is 19.4 Å². The molecule has 3 rings (SSSR count). The molecule has 0 heterocycles. The summed E-state index contributed by atoms with van der Waals surface area (Å²) in [7, 11) is 0. The second-order valence-corrected chi connectivity index (χ2v) is 6.06. The molecule has 0 aromatic heterocycles. The molecule has 110 valence electrons. The minimum atomic E-state index is 0.0643. The van der Waals surface area contributed by atoms with E-state index in [-0.39, 0.29) is 6.04 Å². The summed E-state index contributed by atoms with van der Waals surface area (Å²) in [5.74, 6) is 0.944. The Labute approximate surface area is 126 Å². The van der Waals surface area contributed by atoms with Crippen LogP contribution in [0.5, 0.6) is 5.75 Å². The molecular weight excluding hydrogens is 258 g/mol. The summed E-state index contributed by atoms with van der Waals surface area (Å²) in [6.45, 7) is 4.70. The largest absolute Gasteiger partial charge is 0.489 e. The SMILES string of the molecule is Cc1cc(C(C)N)ccc1OCc1ccc2c(c1)CCC2. The lowest BCUT2D eigenvalue weighted by Gasteiger charge is -2.13. The van der Waals surface area contributed by atoms with Crippen LogP contribution in [0.2, 0.25) is 0 Å². The van der Waals surface area contributed by atoms with Gasteiger partial charge in [0.1, 0.15) is 12.4 Å². The second-order valence-electron chi connectivity index (χ2n) is 6.06. The minimum Gasteiger partial charge on any atom is -0.489 e. The summed E-state index contributed by atoms with van der Waals surface area (Å²) in [6.07, 6.45) is 3.73. The van der Waals surface area contributed by atoms with Crippen molar-refractivity contribution in [3.8, 4) is 5.75 Å². The molecule has 2 N–H and O–H groups in total. The van der Waals surface area contributed by atoms with E-state index < -0.39 is 0 Å². The third kappa shape index (κ3) is 3.11. The fourth-order valence-electron chi connectivity index (χ4n) is 2.99. The zero-order valence-electron chi connectivity index (χ0n) is 12.9. The van der Waals surface area contributed by atoms with Crippen molar-refractivity contribution in [3.63, 3.8) is 0 Å².